The molecule has 0 radical (unpaired) electrons. The van der Waals surface area contributed by atoms with Gasteiger partial charge in [-0.15, -0.1) is 12.4 Å². The largest absolute Gasteiger partial charge is 0.398 e. The van der Waals surface area contributed by atoms with Crippen LogP contribution in [-0.2, 0) is 0 Å². The lowest BCUT2D eigenvalue weighted by Gasteiger charge is -2.19. The number of rotatable bonds is 3. The highest BCUT2D eigenvalue weighted by Crippen LogP contribution is 2.11. The molecule has 4 nitrogen and oxygen atoms in total. The van der Waals surface area contributed by atoms with Crippen molar-refractivity contribution < 1.29 is 4.79 Å². The lowest BCUT2D eigenvalue weighted by Crippen LogP contribution is -2.30. The summed E-state index contributed by atoms with van der Waals surface area (Å²) in [6.45, 7) is 4.85. The Balaban J connectivity index is 0.00000225. The number of pyridine rings is 1. The summed E-state index contributed by atoms with van der Waals surface area (Å²) in [6.07, 6.45) is 3.09. The van der Waals surface area contributed by atoms with Crippen LogP contribution in [0.1, 0.15) is 24.2 Å². The van der Waals surface area contributed by atoms with Crippen LogP contribution in [0.3, 0.4) is 0 Å². The Hall–Kier alpha value is -1.29. The molecular weight excluding hydrogens is 226 g/mol. The van der Waals surface area contributed by atoms with Gasteiger partial charge in [-0.2, -0.15) is 0 Å². The van der Waals surface area contributed by atoms with Gasteiger partial charge in [-0.3, -0.25) is 9.78 Å². The van der Waals surface area contributed by atoms with Crippen molar-refractivity contribution in [1.82, 2.24) is 9.88 Å². The number of nitrogens with zero attached hydrogens (tertiary/aromatic N) is 2. The Bertz CT molecular complexity index is 355. The fraction of sp³-hybridized carbons (Fsp3) is 0.455. The summed E-state index contributed by atoms with van der Waals surface area (Å²) in [7, 11) is 1.77. The maximum absolute atomic E-state index is 11.9. The van der Waals surface area contributed by atoms with E-state index >= 15 is 0 Å². The molecule has 1 aromatic rings. The molecule has 16 heavy (non-hydrogen) atoms. The van der Waals surface area contributed by atoms with E-state index in [0.29, 0.717) is 23.7 Å². The van der Waals surface area contributed by atoms with Gasteiger partial charge in [0.25, 0.3) is 5.91 Å². The zero-order valence-corrected chi connectivity index (χ0v) is 10.6. The summed E-state index contributed by atoms with van der Waals surface area (Å²) < 4.78 is 0. The van der Waals surface area contributed by atoms with Crippen molar-refractivity contribution >= 4 is 24.0 Å². The van der Waals surface area contributed by atoms with Gasteiger partial charge in [-0.25, -0.2) is 0 Å². The second-order valence-electron chi connectivity index (χ2n) is 4.04. The van der Waals surface area contributed by atoms with Crippen LogP contribution < -0.4 is 5.73 Å². The van der Waals surface area contributed by atoms with E-state index < -0.39 is 0 Å². The quantitative estimate of drug-likeness (QED) is 0.881. The van der Waals surface area contributed by atoms with Gasteiger partial charge in [0.2, 0.25) is 0 Å². The number of hydrogen-bond acceptors (Lipinski definition) is 3. The molecule has 0 bridgehead atoms. The van der Waals surface area contributed by atoms with Crippen molar-refractivity contribution in [3.05, 3.63) is 24.0 Å². The third-order valence-corrected chi connectivity index (χ3v) is 2.07. The zero-order valence-electron chi connectivity index (χ0n) is 9.80. The van der Waals surface area contributed by atoms with E-state index in [1.807, 2.05) is 0 Å². The lowest BCUT2D eigenvalue weighted by molar-refractivity contribution is 0.0780. The van der Waals surface area contributed by atoms with E-state index in [9.17, 15) is 4.79 Å². The van der Waals surface area contributed by atoms with Crippen LogP contribution in [0.5, 0.6) is 0 Å². The van der Waals surface area contributed by atoms with Crippen LogP contribution >= 0.6 is 12.4 Å². The number of carbonyl (C=O) groups excluding carboxylic acids is 1. The molecule has 0 atom stereocenters. The number of carbonyl (C=O) groups is 1. The molecule has 0 aliphatic rings. The first-order valence-corrected chi connectivity index (χ1v) is 4.97. The normalized spacial score (nSPS) is 9.75. The lowest BCUT2D eigenvalue weighted by atomic mass is 10.1. The summed E-state index contributed by atoms with van der Waals surface area (Å²) in [4.78, 5) is 17.5. The Morgan fingerprint density at radius 3 is 2.69 bits per heavy atom. The Kier molecular flexibility index (Phi) is 5.82. The molecule has 2 N–H and O–H groups in total. The number of nitrogen functional groups attached to an aromatic ring is 1. The number of nitrogens with two attached hydrogens (primary N) is 1. The van der Waals surface area contributed by atoms with Gasteiger partial charge in [-0.05, 0) is 12.0 Å². The first kappa shape index (κ1) is 14.7. The molecule has 1 amide bonds. The smallest absolute Gasteiger partial charge is 0.257 e. The first-order chi connectivity index (χ1) is 7.02. The Morgan fingerprint density at radius 2 is 2.19 bits per heavy atom. The summed E-state index contributed by atoms with van der Waals surface area (Å²) in [5.41, 5.74) is 6.65. The fourth-order valence-corrected chi connectivity index (χ4v) is 1.42. The Labute approximate surface area is 102 Å². The van der Waals surface area contributed by atoms with Gasteiger partial charge in [0.1, 0.15) is 0 Å². The number of aromatic nitrogens is 1. The van der Waals surface area contributed by atoms with E-state index in [1.165, 1.54) is 6.20 Å². The van der Waals surface area contributed by atoms with Crippen molar-refractivity contribution in [2.45, 2.75) is 13.8 Å². The number of hydrogen-bond donors (Lipinski definition) is 1. The molecule has 1 aromatic heterocycles. The molecule has 5 heteroatoms. The summed E-state index contributed by atoms with van der Waals surface area (Å²) in [5.74, 6) is 0.367. The van der Waals surface area contributed by atoms with Crippen LogP contribution in [0.4, 0.5) is 5.69 Å². The minimum absolute atomic E-state index is 0. The number of anilines is 1. The minimum atomic E-state index is -0.0747. The van der Waals surface area contributed by atoms with Crippen molar-refractivity contribution in [2.24, 2.45) is 5.92 Å². The predicted octanol–water partition coefficient (Wildman–Crippen LogP) is 1.81. The van der Waals surface area contributed by atoms with Crippen LogP contribution in [0.25, 0.3) is 0 Å². The molecule has 0 fully saturated rings. The number of halogens is 1. The van der Waals surface area contributed by atoms with E-state index in [1.54, 1.807) is 24.2 Å². The second kappa shape index (κ2) is 6.33. The maximum atomic E-state index is 11.9. The second-order valence-corrected chi connectivity index (χ2v) is 4.04. The van der Waals surface area contributed by atoms with E-state index in [0.717, 1.165) is 0 Å². The van der Waals surface area contributed by atoms with Gasteiger partial charge in [0.05, 0.1) is 5.56 Å². The molecule has 0 aromatic carbocycles. The third kappa shape index (κ3) is 3.70. The highest BCUT2D eigenvalue weighted by atomic mass is 35.5. The molecule has 90 valence electrons. The van der Waals surface area contributed by atoms with Crippen LogP contribution in [-0.4, -0.2) is 29.4 Å². The maximum Gasteiger partial charge on any atom is 0.257 e. The third-order valence-electron chi connectivity index (χ3n) is 2.07. The van der Waals surface area contributed by atoms with Crippen molar-refractivity contribution in [3.63, 3.8) is 0 Å². The van der Waals surface area contributed by atoms with Crippen molar-refractivity contribution in [3.8, 4) is 0 Å². The monoisotopic (exact) mass is 243 g/mol. The van der Waals surface area contributed by atoms with Gasteiger partial charge in [0.15, 0.2) is 0 Å². The number of amides is 1. The molecular formula is C11H18ClN3O. The van der Waals surface area contributed by atoms with E-state index in [4.69, 9.17) is 5.73 Å². The zero-order chi connectivity index (χ0) is 11.4. The van der Waals surface area contributed by atoms with Crippen LogP contribution in [0.15, 0.2) is 18.5 Å². The summed E-state index contributed by atoms with van der Waals surface area (Å²) in [5, 5.41) is 0. The predicted molar refractivity (Wildman–Crippen MR) is 67.7 cm³/mol. The van der Waals surface area contributed by atoms with Gasteiger partial charge in [0, 0.05) is 31.7 Å². The van der Waals surface area contributed by atoms with Gasteiger partial charge in [-0.1, -0.05) is 13.8 Å². The van der Waals surface area contributed by atoms with Crippen LogP contribution in [0, 0.1) is 5.92 Å². The molecule has 0 spiro atoms. The standard InChI is InChI=1S/C11H17N3O.ClH/c1-8(2)7-14(3)11(15)9-6-13-5-4-10(9)12;/h4-6,8H,7H2,1-3H3,(H2,12,13);1H. The average Bonchev–Trinajstić information content (AvgIpc) is 2.16. The minimum Gasteiger partial charge on any atom is -0.398 e. The highest BCUT2D eigenvalue weighted by molar-refractivity contribution is 5.98. The highest BCUT2D eigenvalue weighted by Gasteiger charge is 2.15. The topological polar surface area (TPSA) is 59.2 Å². The molecule has 1 heterocycles. The summed E-state index contributed by atoms with van der Waals surface area (Å²) in [6, 6.07) is 1.64. The average molecular weight is 244 g/mol. The van der Waals surface area contributed by atoms with Crippen molar-refractivity contribution in [2.75, 3.05) is 19.3 Å². The van der Waals surface area contributed by atoms with E-state index in [2.05, 4.69) is 18.8 Å². The van der Waals surface area contributed by atoms with Crippen LogP contribution in [0.2, 0.25) is 0 Å². The summed E-state index contributed by atoms with van der Waals surface area (Å²) >= 11 is 0. The fourth-order valence-electron chi connectivity index (χ4n) is 1.42. The first-order valence-electron chi connectivity index (χ1n) is 4.97. The van der Waals surface area contributed by atoms with E-state index in [-0.39, 0.29) is 18.3 Å². The molecule has 0 saturated carbocycles. The molecule has 0 saturated heterocycles. The molecule has 0 aliphatic carbocycles. The molecule has 1 rings (SSSR count). The molecule has 0 aliphatic heterocycles. The molecule has 0 unspecified atom stereocenters. The van der Waals surface area contributed by atoms with Gasteiger partial charge < -0.3 is 10.6 Å². The Morgan fingerprint density at radius 1 is 1.56 bits per heavy atom. The van der Waals surface area contributed by atoms with Gasteiger partial charge >= 0.3 is 0 Å². The SMILES string of the molecule is CC(C)CN(C)C(=O)c1cnccc1N.Cl. The van der Waals surface area contributed by atoms with Crippen molar-refractivity contribution in [1.29, 1.82) is 0 Å².